The van der Waals surface area contributed by atoms with Gasteiger partial charge in [-0.2, -0.15) is 0 Å². The second-order valence-corrected chi connectivity index (χ2v) is 4.86. The van der Waals surface area contributed by atoms with E-state index in [-0.39, 0.29) is 0 Å². The molecule has 2 rings (SSSR count). The second kappa shape index (κ2) is 5.46. The molecular formula is C15H20N2O. The number of hydrogen-bond acceptors (Lipinski definition) is 3. The largest absolute Gasteiger partial charge is 0.384 e. The smallest absolute Gasteiger partial charge is 0.0992 e. The van der Waals surface area contributed by atoms with Crippen molar-refractivity contribution in [2.75, 3.05) is 13.1 Å². The SMILES string of the molecule is CCCNCC(C)(O)c1ccc2ncccc2c1. The zero-order valence-electron chi connectivity index (χ0n) is 11.0. The van der Waals surface area contributed by atoms with Gasteiger partial charge in [0.25, 0.3) is 0 Å². The average Bonchev–Trinajstić information content (AvgIpc) is 2.38. The van der Waals surface area contributed by atoms with E-state index in [1.807, 2.05) is 37.3 Å². The normalized spacial score (nSPS) is 14.6. The van der Waals surface area contributed by atoms with Gasteiger partial charge in [-0.25, -0.2) is 0 Å². The third-order valence-electron chi connectivity index (χ3n) is 3.12. The molecule has 0 aliphatic carbocycles. The van der Waals surface area contributed by atoms with Crippen molar-refractivity contribution in [2.24, 2.45) is 0 Å². The van der Waals surface area contributed by atoms with E-state index in [0.717, 1.165) is 29.4 Å². The number of hydrogen-bond donors (Lipinski definition) is 2. The third-order valence-corrected chi connectivity index (χ3v) is 3.12. The zero-order valence-corrected chi connectivity index (χ0v) is 11.0. The molecule has 0 radical (unpaired) electrons. The summed E-state index contributed by atoms with van der Waals surface area (Å²) in [6, 6.07) is 9.84. The van der Waals surface area contributed by atoms with E-state index in [1.165, 1.54) is 0 Å². The zero-order chi connectivity index (χ0) is 13.0. The van der Waals surface area contributed by atoms with Crippen LogP contribution in [0.4, 0.5) is 0 Å². The average molecular weight is 244 g/mol. The van der Waals surface area contributed by atoms with Crippen LogP contribution < -0.4 is 5.32 Å². The van der Waals surface area contributed by atoms with Crippen LogP contribution in [0.2, 0.25) is 0 Å². The van der Waals surface area contributed by atoms with Gasteiger partial charge in [-0.1, -0.05) is 19.1 Å². The van der Waals surface area contributed by atoms with Gasteiger partial charge in [0, 0.05) is 18.1 Å². The fourth-order valence-electron chi connectivity index (χ4n) is 2.02. The summed E-state index contributed by atoms with van der Waals surface area (Å²) in [4.78, 5) is 4.28. The van der Waals surface area contributed by atoms with Crippen LogP contribution >= 0.6 is 0 Å². The van der Waals surface area contributed by atoms with Gasteiger partial charge in [0.1, 0.15) is 0 Å². The highest BCUT2D eigenvalue weighted by molar-refractivity contribution is 5.79. The van der Waals surface area contributed by atoms with Crippen LogP contribution in [0.15, 0.2) is 36.5 Å². The molecule has 96 valence electrons. The first-order valence-electron chi connectivity index (χ1n) is 6.42. The van der Waals surface area contributed by atoms with Crippen LogP contribution in [0.5, 0.6) is 0 Å². The Morgan fingerprint density at radius 1 is 1.33 bits per heavy atom. The summed E-state index contributed by atoms with van der Waals surface area (Å²) in [7, 11) is 0. The maximum Gasteiger partial charge on any atom is 0.0992 e. The van der Waals surface area contributed by atoms with Gasteiger partial charge in [-0.3, -0.25) is 4.98 Å². The first-order chi connectivity index (χ1) is 8.63. The molecule has 0 spiro atoms. The fourth-order valence-corrected chi connectivity index (χ4v) is 2.02. The number of aromatic nitrogens is 1. The maximum atomic E-state index is 10.5. The first-order valence-corrected chi connectivity index (χ1v) is 6.42. The Morgan fingerprint density at radius 2 is 2.17 bits per heavy atom. The molecule has 1 aromatic heterocycles. The lowest BCUT2D eigenvalue weighted by Gasteiger charge is -2.24. The fraction of sp³-hybridized carbons (Fsp3) is 0.400. The highest BCUT2D eigenvalue weighted by Gasteiger charge is 2.22. The van der Waals surface area contributed by atoms with E-state index >= 15 is 0 Å². The van der Waals surface area contributed by atoms with E-state index in [9.17, 15) is 5.11 Å². The summed E-state index contributed by atoms with van der Waals surface area (Å²) >= 11 is 0. The van der Waals surface area contributed by atoms with Crippen molar-refractivity contribution in [3.63, 3.8) is 0 Å². The van der Waals surface area contributed by atoms with Gasteiger partial charge in [-0.05, 0) is 43.7 Å². The van der Waals surface area contributed by atoms with E-state index in [0.29, 0.717) is 6.54 Å². The molecular weight excluding hydrogens is 224 g/mol. The molecule has 1 atom stereocenters. The third kappa shape index (κ3) is 2.86. The standard InChI is InChI=1S/C15H20N2O/c1-3-8-16-11-15(2,18)13-6-7-14-12(10-13)5-4-9-17-14/h4-7,9-10,16,18H,3,8,11H2,1-2H3. The summed E-state index contributed by atoms with van der Waals surface area (Å²) < 4.78 is 0. The van der Waals surface area contributed by atoms with Crippen molar-refractivity contribution in [1.29, 1.82) is 0 Å². The van der Waals surface area contributed by atoms with Crippen molar-refractivity contribution < 1.29 is 5.11 Å². The minimum absolute atomic E-state index is 0.562. The molecule has 0 saturated heterocycles. The van der Waals surface area contributed by atoms with Crippen LogP contribution in [0.25, 0.3) is 10.9 Å². The van der Waals surface area contributed by atoms with Crippen molar-refractivity contribution in [3.05, 3.63) is 42.1 Å². The lowest BCUT2D eigenvalue weighted by Crippen LogP contribution is -2.35. The predicted octanol–water partition coefficient (Wildman–Crippen LogP) is 2.44. The van der Waals surface area contributed by atoms with Crippen molar-refractivity contribution in [2.45, 2.75) is 25.9 Å². The Hall–Kier alpha value is -1.45. The van der Waals surface area contributed by atoms with Gasteiger partial charge in [0.05, 0.1) is 11.1 Å². The molecule has 0 fully saturated rings. The second-order valence-electron chi connectivity index (χ2n) is 4.86. The van der Waals surface area contributed by atoms with Crippen LogP contribution in [0, 0.1) is 0 Å². The van der Waals surface area contributed by atoms with Crippen molar-refractivity contribution in [3.8, 4) is 0 Å². The Morgan fingerprint density at radius 3 is 2.94 bits per heavy atom. The highest BCUT2D eigenvalue weighted by atomic mass is 16.3. The quantitative estimate of drug-likeness (QED) is 0.794. The van der Waals surface area contributed by atoms with Crippen molar-refractivity contribution >= 4 is 10.9 Å². The molecule has 0 aliphatic rings. The number of rotatable bonds is 5. The van der Waals surface area contributed by atoms with E-state index in [1.54, 1.807) is 6.20 Å². The molecule has 3 nitrogen and oxygen atoms in total. The minimum Gasteiger partial charge on any atom is -0.384 e. The summed E-state index contributed by atoms with van der Waals surface area (Å²) in [6.45, 7) is 5.44. The Labute approximate surface area is 108 Å². The van der Waals surface area contributed by atoms with Crippen LogP contribution in [0.3, 0.4) is 0 Å². The minimum atomic E-state index is -0.848. The van der Waals surface area contributed by atoms with Gasteiger partial charge >= 0.3 is 0 Å². The lowest BCUT2D eigenvalue weighted by molar-refractivity contribution is 0.0573. The molecule has 0 amide bonds. The van der Waals surface area contributed by atoms with Gasteiger partial charge in [0.2, 0.25) is 0 Å². The Kier molecular flexibility index (Phi) is 3.94. The van der Waals surface area contributed by atoms with Crippen molar-refractivity contribution in [1.82, 2.24) is 10.3 Å². The van der Waals surface area contributed by atoms with E-state index in [4.69, 9.17) is 0 Å². The number of nitrogens with zero attached hydrogens (tertiary/aromatic N) is 1. The number of aliphatic hydroxyl groups is 1. The van der Waals surface area contributed by atoms with Gasteiger partial charge in [0.15, 0.2) is 0 Å². The van der Waals surface area contributed by atoms with Gasteiger partial charge in [-0.15, -0.1) is 0 Å². The summed E-state index contributed by atoms with van der Waals surface area (Å²) in [6.07, 6.45) is 2.85. The highest BCUT2D eigenvalue weighted by Crippen LogP contribution is 2.23. The maximum absolute atomic E-state index is 10.5. The predicted molar refractivity (Wildman–Crippen MR) is 74.5 cm³/mol. The monoisotopic (exact) mass is 244 g/mol. The molecule has 0 bridgehead atoms. The lowest BCUT2D eigenvalue weighted by atomic mass is 9.94. The van der Waals surface area contributed by atoms with E-state index in [2.05, 4.69) is 17.2 Å². The van der Waals surface area contributed by atoms with Gasteiger partial charge < -0.3 is 10.4 Å². The molecule has 18 heavy (non-hydrogen) atoms. The Bertz CT molecular complexity index is 523. The topological polar surface area (TPSA) is 45.1 Å². The number of nitrogens with one attached hydrogen (secondary N) is 1. The number of benzene rings is 1. The molecule has 0 saturated carbocycles. The summed E-state index contributed by atoms with van der Waals surface area (Å²) in [5.74, 6) is 0. The van der Waals surface area contributed by atoms with E-state index < -0.39 is 5.60 Å². The molecule has 2 aromatic rings. The van der Waals surface area contributed by atoms with Crippen LogP contribution in [-0.2, 0) is 5.60 Å². The molecule has 3 heteroatoms. The molecule has 0 aliphatic heterocycles. The molecule has 1 aromatic carbocycles. The molecule has 2 N–H and O–H groups in total. The number of fused-ring (bicyclic) bond motifs is 1. The Balaban J connectivity index is 2.23. The summed E-state index contributed by atoms with van der Waals surface area (Å²) in [5.41, 5.74) is 1.03. The first kappa shape index (κ1) is 13.0. The number of pyridine rings is 1. The summed E-state index contributed by atoms with van der Waals surface area (Å²) in [5, 5.41) is 14.8. The molecule has 1 unspecified atom stereocenters. The van der Waals surface area contributed by atoms with Crippen LogP contribution in [0.1, 0.15) is 25.8 Å². The van der Waals surface area contributed by atoms with Crippen LogP contribution in [-0.4, -0.2) is 23.2 Å². The molecule has 1 heterocycles.